The van der Waals surface area contributed by atoms with Crippen molar-refractivity contribution in [3.05, 3.63) is 46.4 Å². The van der Waals surface area contributed by atoms with Crippen LogP contribution in [0.25, 0.3) is 0 Å². The molecule has 28 heavy (non-hydrogen) atoms. The molecule has 1 aliphatic heterocycles. The van der Waals surface area contributed by atoms with Gasteiger partial charge in [-0.1, -0.05) is 0 Å². The van der Waals surface area contributed by atoms with Crippen LogP contribution in [0.2, 0.25) is 0 Å². The molecule has 2 aromatic rings. The van der Waals surface area contributed by atoms with Crippen LogP contribution in [0, 0.1) is 0 Å². The number of morpholine rings is 1. The predicted molar refractivity (Wildman–Crippen MR) is 111 cm³/mol. The molecule has 0 N–H and O–H groups in total. The first-order chi connectivity index (χ1) is 13.5. The molecule has 0 radical (unpaired) electrons. The van der Waals surface area contributed by atoms with E-state index in [4.69, 9.17) is 14.2 Å². The van der Waals surface area contributed by atoms with Crippen LogP contribution in [0.5, 0.6) is 11.5 Å². The van der Waals surface area contributed by atoms with Gasteiger partial charge >= 0.3 is 0 Å². The quantitative estimate of drug-likeness (QED) is 0.608. The lowest BCUT2D eigenvalue weighted by atomic mass is 10.2. The van der Waals surface area contributed by atoms with E-state index in [0.717, 1.165) is 10.0 Å². The van der Waals surface area contributed by atoms with Gasteiger partial charge in [0.2, 0.25) is 10.0 Å². The summed E-state index contributed by atoms with van der Waals surface area (Å²) in [7, 11) is -0.351. The molecule has 2 aromatic carbocycles. The summed E-state index contributed by atoms with van der Waals surface area (Å²) < 4.78 is 43.4. The number of aliphatic imine (C=N–C) groups is 1. The minimum absolute atomic E-state index is 0.248. The first-order valence-electron chi connectivity index (χ1n) is 8.59. The summed E-state index contributed by atoms with van der Waals surface area (Å²) in [5.41, 5.74) is 1.40. The highest BCUT2D eigenvalue weighted by molar-refractivity contribution is 9.10. The Bertz CT molecular complexity index is 955. The maximum Gasteiger partial charge on any atom is 0.243 e. The first kappa shape index (κ1) is 20.8. The second kappa shape index (κ2) is 9.04. The molecule has 0 saturated carbocycles. The lowest BCUT2D eigenvalue weighted by Gasteiger charge is -2.26. The van der Waals surface area contributed by atoms with Crippen molar-refractivity contribution in [1.29, 1.82) is 0 Å². The second-order valence-corrected chi connectivity index (χ2v) is 8.79. The zero-order valence-corrected chi connectivity index (χ0v) is 18.0. The van der Waals surface area contributed by atoms with Gasteiger partial charge < -0.3 is 14.2 Å². The standard InChI is InChI=1S/C19H21BrN2O5S/c1-25-18-12-19(26-2)17(20)11-14(18)13-21-15-3-5-16(6-4-15)28(23,24)22-7-9-27-10-8-22/h3-6,11-13H,7-10H2,1-2H3. The molecule has 7 nitrogen and oxygen atoms in total. The highest BCUT2D eigenvalue weighted by atomic mass is 79.9. The van der Waals surface area contributed by atoms with Crippen molar-refractivity contribution in [2.75, 3.05) is 40.5 Å². The van der Waals surface area contributed by atoms with Crippen molar-refractivity contribution >= 4 is 37.9 Å². The molecule has 0 atom stereocenters. The van der Waals surface area contributed by atoms with Crippen molar-refractivity contribution in [2.24, 2.45) is 4.99 Å². The van der Waals surface area contributed by atoms with Gasteiger partial charge in [0.15, 0.2) is 0 Å². The van der Waals surface area contributed by atoms with Gasteiger partial charge in [0, 0.05) is 30.9 Å². The van der Waals surface area contributed by atoms with Crippen LogP contribution >= 0.6 is 15.9 Å². The number of nitrogens with zero attached hydrogens (tertiary/aromatic N) is 2. The normalized spacial score (nSPS) is 15.7. The van der Waals surface area contributed by atoms with Gasteiger partial charge in [-0.2, -0.15) is 4.31 Å². The molecule has 9 heteroatoms. The number of rotatable bonds is 6. The van der Waals surface area contributed by atoms with Crippen LogP contribution in [0.4, 0.5) is 5.69 Å². The molecule has 1 heterocycles. The minimum Gasteiger partial charge on any atom is -0.496 e. The Kier molecular flexibility index (Phi) is 6.71. The van der Waals surface area contributed by atoms with Crippen LogP contribution in [0.1, 0.15) is 5.56 Å². The van der Waals surface area contributed by atoms with Gasteiger partial charge in [0.1, 0.15) is 11.5 Å². The summed E-state index contributed by atoms with van der Waals surface area (Å²) in [5, 5.41) is 0. The number of sulfonamides is 1. The van der Waals surface area contributed by atoms with E-state index in [1.54, 1.807) is 50.8 Å². The van der Waals surface area contributed by atoms with Crippen molar-refractivity contribution in [3.63, 3.8) is 0 Å². The number of methoxy groups -OCH3 is 2. The first-order valence-corrected chi connectivity index (χ1v) is 10.8. The van der Waals surface area contributed by atoms with E-state index >= 15 is 0 Å². The summed E-state index contributed by atoms with van der Waals surface area (Å²) in [6.07, 6.45) is 1.66. The number of hydrogen-bond donors (Lipinski definition) is 0. The average molecular weight is 469 g/mol. The molecule has 1 fully saturated rings. The fourth-order valence-electron chi connectivity index (χ4n) is 2.77. The van der Waals surface area contributed by atoms with E-state index in [1.807, 2.05) is 6.07 Å². The van der Waals surface area contributed by atoms with Crippen LogP contribution in [-0.2, 0) is 14.8 Å². The zero-order chi connectivity index (χ0) is 20.1. The Morgan fingerprint density at radius 2 is 1.71 bits per heavy atom. The fourth-order valence-corrected chi connectivity index (χ4v) is 4.70. The molecule has 0 amide bonds. The largest absolute Gasteiger partial charge is 0.496 e. The molecule has 0 spiro atoms. The highest BCUT2D eigenvalue weighted by Crippen LogP contribution is 2.32. The van der Waals surface area contributed by atoms with E-state index in [1.165, 1.54) is 4.31 Å². The smallest absolute Gasteiger partial charge is 0.243 e. The van der Waals surface area contributed by atoms with E-state index in [2.05, 4.69) is 20.9 Å². The van der Waals surface area contributed by atoms with Crippen LogP contribution in [0.3, 0.4) is 0 Å². The molecule has 0 aliphatic carbocycles. The number of benzene rings is 2. The highest BCUT2D eigenvalue weighted by Gasteiger charge is 2.26. The molecule has 0 bridgehead atoms. The Morgan fingerprint density at radius 1 is 1.07 bits per heavy atom. The molecule has 0 unspecified atom stereocenters. The molecule has 0 aromatic heterocycles. The summed E-state index contributed by atoms with van der Waals surface area (Å²) in [6.45, 7) is 1.57. The Labute approximate surface area is 173 Å². The molecule has 1 aliphatic rings. The number of hydrogen-bond acceptors (Lipinski definition) is 6. The SMILES string of the molecule is COc1cc(OC)c(C=Nc2ccc(S(=O)(=O)N3CCOCC3)cc2)cc1Br. The number of halogens is 1. The molecule has 150 valence electrons. The molecule has 3 rings (SSSR count). The van der Waals surface area contributed by atoms with Crippen LogP contribution < -0.4 is 9.47 Å². The van der Waals surface area contributed by atoms with Gasteiger partial charge in [-0.3, -0.25) is 4.99 Å². The predicted octanol–water partition coefficient (Wildman–Crippen LogP) is 3.24. The zero-order valence-electron chi connectivity index (χ0n) is 15.6. The lowest BCUT2D eigenvalue weighted by molar-refractivity contribution is 0.0730. The molecule has 1 saturated heterocycles. The summed E-state index contributed by atoms with van der Waals surface area (Å²) >= 11 is 3.44. The molecular formula is C19H21BrN2O5S. The minimum atomic E-state index is -3.51. The third-order valence-electron chi connectivity index (χ3n) is 4.30. The van der Waals surface area contributed by atoms with Gasteiger partial charge in [0.25, 0.3) is 0 Å². The third-order valence-corrected chi connectivity index (χ3v) is 6.83. The van der Waals surface area contributed by atoms with Crippen molar-refractivity contribution in [3.8, 4) is 11.5 Å². The van der Waals surface area contributed by atoms with Gasteiger partial charge in [-0.05, 0) is 46.3 Å². The average Bonchev–Trinajstić information content (AvgIpc) is 2.73. The van der Waals surface area contributed by atoms with Gasteiger partial charge in [-0.15, -0.1) is 0 Å². The van der Waals surface area contributed by atoms with Gasteiger partial charge in [-0.25, -0.2) is 8.42 Å². The summed E-state index contributed by atoms with van der Waals surface area (Å²) in [5.74, 6) is 1.28. The van der Waals surface area contributed by atoms with Crippen molar-refractivity contribution < 1.29 is 22.6 Å². The lowest BCUT2D eigenvalue weighted by Crippen LogP contribution is -2.40. The van der Waals surface area contributed by atoms with Crippen molar-refractivity contribution in [2.45, 2.75) is 4.90 Å². The van der Waals surface area contributed by atoms with Crippen molar-refractivity contribution in [1.82, 2.24) is 4.31 Å². The summed E-state index contributed by atoms with van der Waals surface area (Å²) in [4.78, 5) is 4.67. The Morgan fingerprint density at radius 3 is 2.32 bits per heavy atom. The second-order valence-electron chi connectivity index (χ2n) is 6.00. The topological polar surface area (TPSA) is 77.4 Å². The van der Waals surface area contributed by atoms with E-state index < -0.39 is 10.0 Å². The van der Waals surface area contributed by atoms with E-state index in [-0.39, 0.29) is 4.90 Å². The Balaban J connectivity index is 1.80. The third kappa shape index (κ3) is 4.54. The van der Waals surface area contributed by atoms with Crippen LogP contribution in [-0.4, -0.2) is 59.5 Å². The summed E-state index contributed by atoms with van der Waals surface area (Å²) in [6, 6.07) is 10.1. The maximum absolute atomic E-state index is 12.7. The van der Waals surface area contributed by atoms with Crippen LogP contribution in [0.15, 0.2) is 50.8 Å². The number of ether oxygens (including phenoxy) is 3. The van der Waals surface area contributed by atoms with Gasteiger partial charge in [0.05, 0.1) is 42.5 Å². The molecular weight excluding hydrogens is 448 g/mol. The van der Waals surface area contributed by atoms with E-state index in [0.29, 0.717) is 43.5 Å². The maximum atomic E-state index is 12.7. The fraction of sp³-hybridized carbons (Fsp3) is 0.316. The van der Waals surface area contributed by atoms with E-state index in [9.17, 15) is 8.42 Å². The monoisotopic (exact) mass is 468 g/mol. The Hall–Kier alpha value is -1.94.